The van der Waals surface area contributed by atoms with E-state index in [2.05, 4.69) is 5.32 Å². The van der Waals surface area contributed by atoms with Gasteiger partial charge in [0.15, 0.2) is 5.76 Å². The van der Waals surface area contributed by atoms with Crippen LogP contribution < -0.4 is 10.1 Å². The van der Waals surface area contributed by atoms with E-state index in [9.17, 15) is 4.79 Å². The summed E-state index contributed by atoms with van der Waals surface area (Å²) < 4.78 is 11.0. The van der Waals surface area contributed by atoms with Crippen LogP contribution in [0.25, 0.3) is 11.0 Å². The molecule has 1 aromatic heterocycles. The van der Waals surface area contributed by atoms with Gasteiger partial charge in [0.05, 0.1) is 6.61 Å². The lowest BCUT2D eigenvalue weighted by atomic mass is 10.2. The Morgan fingerprint density at radius 2 is 2.09 bits per heavy atom. The molecule has 0 unspecified atom stereocenters. The zero-order chi connectivity index (χ0) is 15.5. The normalized spacial score (nSPS) is 10.6. The number of benzene rings is 2. The van der Waals surface area contributed by atoms with Gasteiger partial charge >= 0.3 is 0 Å². The number of anilines is 1. The molecule has 0 saturated heterocycles. The number of hydrogen-bond donors (Lipinski definition) is 1. The SMILES string of the molecule is CCOc1ccc2oc(C(=O)Nc3cccc(Cl)c3)cc2c1. The van der Waals surface area contributed by atoms with E-state index in [0.717, 1.165) is 11.1 Å². The van der Waals surface area contributed by atoms with Crippen molar-refractivity contribution in [3.8, 4) is 5.75 Å². The third kappa shape index (κ3) is 3.07. The molecule has 5 heteroatoms. The van der Waals surface area contributed by atoms with Crippen molar-refractivity contribution in [3.05, 3.63) is 59.3 Å². The lowest BCUT2D eigenvalue weighted by Gasteiger charge is -2.02. The first-order valence-electron chi connectivity index (χ1n) is 6.89. The predicted molar refractivity (Wildman–Crippen MR) is 86.8 cm³/mol. The van der Waals surface area contributed by atoms with Gasteiger partial charge in [-0.2, -0.15) is 0 Å². The molecule has 0 saturated carbocycles. The summed E-state index contributed by atoms with van der Waals surface area (Å²) in [6.45, 7) is 2.51. The fraction of sp³-hybridized carbons (Fsp3) is 0.118. The molecule has 0 fully saturated rings. The number of halogens is 1. The Hall–Kier alpha value is -2.46. The van der Waals surface area contributed by atoms with Gasteiger partial charge in [-0.15, -0.1) is 0 Å². The maximum atomic E-state index is 12.2. The van der Waals surface area contributed by atoms with Crippen molar-refractivity contribution >= 4 is 34.2 Å². The maximum Gasteiger partial charge on any atom is 0.291 e. The van der Waals surface area contributed by atoms with Crippen LogP contribution in [0.1, 0.15) is 17.5 Å². The number of furan rings is 1. The van der Waals surface area contributed by atoms with Crippen molar-refractivity contribution in [3.63, 3.8) is 0 Å². The summed E-state index contributed by atoms with van der Waals surface area (Å²) >= 11 is 5.90. The molecule has 2 aromatic carbocycles. The average molecular weight is 316 g/mol. The third-order valence-corrected chi connectivity index (χ3v) is 3.34. The summed E-state index contributed by atoms with van der Waals surface area (Å²) in [5.74, 6) is 0.664. The number of carbonyl (C=O) groups is 1. The number of ether oxygens (including phenoxy) is 1. The van der Waals surface area contributed by atoms with E-state index in [1.54, 1.807) is 36.4 Å². The van der Waals surface area contributed by atoms with Crippen molar-refractivity contribution in [2.24, 2.45) is 0 Å². The smallest absolute Gasteiger partial charge is 0.291 e. The lowest BCUT2D eigenvalue weighted by molar-refractivity contribution is 0.0998. The van der Waals surface area contributed by atoms with Crippen molar-refractivity contribution in [2.75, 3.05) is 11.9 Å². The summed E-state index contributed by atoms with van der Waals surface area (Å²) in [7, 11) is 0. The van der Waals surface area contributed by atoms with Crippen molar-refractivity contribution in [1.29, 1.82) is 0 Å². The molecule has 1 heterocycles. The number of nitrogens with one attached hydrogen (secondary N) is 1. The van der Waals surface area contributed by atoms with Gasteiger partial charge in [-0.3, -0.25) is 4.79 Å². The number of fused-ring (bicyclic) bond motifs is 1. The minimum Gasteiger partial charge on any atom is -0.494 e. The fourth-order valence-corrected chi connectivity index (χ4v) is 2.34. The second kappa shape index (κ2) is 6.12. The number of hydrogen-bond acceptors (Lipinski definition) is 3. The zero-order valence-corrected chi connectivity index (χ0v) is 12.7. The first-order chi connectivity index (χ1) is 10.7. The Morgan fingerprint density at radius 3 is 2.86 bits per heavy atom. The van der Waals surface area contributed by atoms with Crippen molar-refractivity contribution < 1.29 is 13.9 Å². The topological polar surface area (TPSA) is 51.5 Å². The predicted octanol–water partition coefficient (Wildman–Crippen LogP) is 4.74. The van der Waals surface area contributed by atoms with Crippen LogP contribution in [0.15, 0.2) is 52.9 Å². The van der Waals surface area contributed by atoms with Crippen LogP contribution in [0.2, 0.25) is 5.02 Å². The van der Waals surface area contributed by atoms with E-state index in [1.807, 2.05) is 19.1 Å². The number of amides is 1. The highest BCUT2D eigenvalue weighted by Gasteiger charge is 2.13. The van der Waals surface area contributed by atoms with E-state index in [-0.39, 0.29) is 11.7 Å². The summed E-state index contributed by atoms with van der Waals surface area (Å²) in [6.07, 6.45) is 0. The standard InChI is InChI=1S/C17H14ClNO3/c1-2-21-14-6-7-15-11(8-14)9-16(22-15)17(20)19-13-5-3-4-12(18)10-13/h3-10H,2H2,1H3,(H,19,20). The number of rotatable bonds is 4. The van der Waals surface area contributed by atoms with Gasteiger partial charge in [-0.1, -0.05) is 17.7 Å². The van der Waals surface area contributed by atoms with E-state index in [1.165, 1.54) is 0 Å². The zero-order valence-electron chi connectivity index (χ0n) is 11.9. The largest absolute Gasteiger partial charge is 0.494 e. The molecule has 0 spiro atoms. The number of carbonyl (C=O) groups excluding carboxylic acids is 1. The molecule has 0 aliphatic rings. The molecular weight excluding hydrogens is 302 g/mol. The Kier molecular flexibility index (Phi) is 4.02. The Balaban J connectivity index is 1.84. The molecule has 0 bridgehead atoms. The van der Waals surface area contributed by atoms with Crippen LogP contribution in [0.4, 0.5) is 5.69 Å². The first-order valence-corrected chi connectivity index (χ1v) is 7.27. The highest BCUT2D eigenvalue weighted by molar-refractivity contribution is 6.30. The minimum atomic E-state index is -0.323. The second-order valence-corrected chi connectivity index (χ2v) is 5.14. The molecule has 3 rings (SSSR count). The molecule has 22 heavy (non-hydrogen) atoms. The van der Waals surface area contributed by atoms with E-state index >= 15 is 0 Å². The molecule has 4 nitrogen and oxygen atoms in total. The van der Waals surface area contributed by atoms with E-state index in [4.69, 9.17) is 20.8 Å². The molecular formula is C17H14ClNO3. The Morgan fingerprint density at radius 1 is 1.23 bits per heavy atom. The van der Waals surface area contributed by atoms with Crippen LogP contribution in [-0.2, 0) is 0 Å². The highest BCUT2D eigenvalue weighted by atomic mass is 35.5. The van der Waals surface area contributed by atoms with Gasteiger partial charge in [0.25, 0.3) is 5.91 Å². The van der Waals surface area contributed by atoms with Crippen LogP contribution in [-0.4, -0.2) is 12.5 Å². The van der Waals surface area contributed by atoms with Crippen LogP contribution in [0.3, 0.4) is 0 Å². The van der Waals surface area contributed by atoms with Crippen LogP contribution in [0.5, 0.6) is 5.75 Å². The molecule has 0 radical (unpaired) electrons. The summed E-state index contributed by atoms with van der Waals surface area (Å²) in [5, 5.41) is 4.13. The van der Waals surface area contributed by atoms with Crippen LogP contribution in [0, 0.1) is 0 Å². The molecule has 1 N–H and O–H groups in total. The minimum absolute atomic E-state index is 0.239. The maximum absolute atomic E-state index is 12.2. The second-order valence-electron chi connectivity index (χ2n) is 4.71. The van der Waals surface area contributed by atoms with Crippen molar-refractivity contribution in [1.82, 2.24) is 0 Å². The molecule has 0 atom stereocenters. The van der Waals surface area contributed by atoms with Gasteiger partial charge in [-0.25, -0.2) is 0 Å². The monoisotopic (exact) mass is 315 g/mol. The molecule has 0 aliphatic carbocycles. The van der Waals surface area contributed by atoms with E-state index < -0.39 is 0 Å². The average Bonchev–Trinajstić information content (AvgIpc) is 2.91. The molecule has 112 valence electrons. The van der Waals surface area contributed by atoms with Gasteiger partial charge in [0.2, 0.25) is 0 Å². The van der Waals surface area contributed by atoms with Crippen molar-refractivity contribution in [2.45, 2.75) is 6.92 Å². The van der Waals surface area contributed by atoms with Gasteiger partial charge in [0, 0.05) is 16.1 Å². The Bertz CT molecular complexity index is 826. The lowest BCUT2D eigenvalue weighted by Crippen LogP contribution is -2.10. The van der Waals surface area contributed by atoms with Crippen LogP contribution >= 0.6 is 11.6 Å². The van der Waals surface area contributed by atoms with Gasteiger partial charge in [-0.05, 0) is 49.4 Å². The molecule has 3 aromatic rings. The van der Waals surface area contributed by atoms with E-state index in [0.29, 0.717) is 22.9 Å². The summed E-state index contributed by atoms with van der Waals surface area (Å²) in [5.41, 5.74) is 1.26. The Labute approximate surface area is 132 Å². The third-order valence-electron chi connectivity index (χ3n) is 3.11. The first kappa shape index (κ1) is 14.5. The fourth-order valence-electron chi connectivity index (χ4n) is 2.15. The van der Waals surface area contributed by atoms with Gasteiger partial charge < -0.3 is 14.5 Å². The quantitative estimate of drug-likeness (QED) is 0.756. The molecule has 1 amide bonds. The highest BCUT2D eigenvalue weighted by Crippen LogP contribution is 2.25. The molecule has 0 aliphatic heterocycles. The summed E-state index contributed by atoms with van der Waals surface area (Å²) in [6, 6.07) is 14.1. The van der Waals surface area contributed by atoms with Gasteiger partial charge in [0.1, 0.15) is 11.3 Å². The summed E-state index contributed by atoms with van der Waals surface area (Å²) in [4.78, 5) is 12.2.